The predicted molar refractivity (Wildman–Crippen MR) is 135 cm³/mol. The minimum atomic E-state index is -0.578. The number of fused-ring (bicyclic) bond motifs is 1. The predicted octanol–water partition coefficient (Wildman–Crippen LogP) is 4.51. The van der Waals surface area contributed by atoms with Crippen molar-refractivity contribution in [2.75, 3.05) is 14.2 Å². The van der Waals surface area contributed by atoms with Gasteiger partial charge in [-0.15, -0.1) is 0 Å². The van der Waals surface area contributed by atoms with E-state index in [1.807, 2.05) is 0 Å². The number of phenolic OH excluding ortho intramolecular Hbond substituents is 1. The Labute approximate surface area is 204 Å². The lowest BCUT2D eigenvalue weighted by atomic mass is 10.0. The van der Waals surface area contributed by atoms with Crippen LogP contribution >= 0.6 is 11.6 Å². The molecule has 2 N–H and O–H groups in total. The first-order valence-electron chi connectivity index (χ1n) is 10.6. The van der Waals surface area contributed by atoms with E-state index >= 15 is 0 Å². The molecule has 0 saturated heterocycles. The molecular weight excluding hydrogens is 470 g/mol. The Balaban J connectivity index is 1.65. The van der Waals surface area contributed by atoms with E-state index in [0.29, 0.717) is 34.0 Å². The van der Waals surface area contributed by atoms with E-state index in [9.17, 15) is 14.7 Å². The summed E-state index contributed by atoms with van der Waals surface area (Å²) in [6, 6.07) is 20.6. The van der Waals surface area contributed by atoms with Gasteiger partial charge >= 0.3 is 5.69 Å². The molecule has 5 aromatic rings. The van der Waals surface area contributed by atoms with Gasteiger partial charge in [0.15, 0.2) is 11.5 Å². The molecule has 35 heavy (non-hydrogen) atoms. The van der Waals surface area contributed by atoms with Crippen LogP contribution in [0, 0.1) is 0 Å². The summed E-state index contributed by atoms with van der Waals surface area (Å²) in [5.74, 6) is 1.01. The van der Waals surface area contributed by atoms with Gasteiger partial charge in [-0.2, -0.15) is 0 Å². The first kappa shape index (κ1) is 22.4. The normalized spacial score (nSPS) is 11.1. The molecule has 5 rings (SSSR count). The maximum Gasteiger partial charge on any atom is 0.333 e. The van der Waals surface area contributed by atoms with Crippen molar-refractivity contribution < 1.29 is 14.6 Å². The topological polar surface area (TPSA) is 98.5 Å². The van der Waals surface area contributed by atoms with E-state index < -0.39 is 11.2 Å². The number of ether oxygens (including phenoxy) is 2. The number of methoxy groups -OCH3 is 2. The smallest absolute Gasteiger partial charge is 0.333 e. The second kappa shape index (κ2) is 8.73. The van der Waals surface area contributed by atoms with Crippen LogP contribution in [0.3, 0.4) is 0 Å². The molecule has 0 aliphatic rings. The third-order valence-corrected chi connectivity index (χ3v) is 6.07. The van der Waals surface area contributed by atoms with E-state index in [0.717, 1.165) is 10.1 Å². The van der Waals surface area contributed by atoms with Gasteiger partial charge in [-0.25, -0.2) is 9.36 Å². The van der Waals surface area contributed by atoms with E-state index in [1.54, 1.807) is 77.4 Å². The molecule has 0 atom stereocenters. The van der Waals surface area contributed by atoms with Crippen molar-refractivity contribution >= 4 is 22.6 Å². The van der Waals surface area contributed by atoms with Crippen LogP contribution in [-0.4, -0.2) is 33.4 Å². The van der Waals surface area contributed by atoms with Crippen molar-refractivity contribution in [3.63, 3.8) is 0 Å². The number of nitrogens with zero attached hydrogens (tertiary/aromatic N) is 2. The van der Waals surface area contributed by atoms with Crippen molar-refractivity contribution in [1.29, 1.82) is 0 Å². The maximum atomic E-state index is 13.5. The number of benzene rings is 3. The monoisotopic (exact) mass is 489 g/mol. The number of hydrogen-bond donors (Lipinski definition) is 2. The highest BCUT2D eigenvalue weighted by Gasteiger charge is 2.18. The van der Waals surface area contributed by atoms with Crippen molar-refractivity contribution in [3.8, 4) is 39.8 Å². The Hall–Kier alpha value is -4.43. The van der Waals surface area contributed by atoms with Gasteiger partial charge in [0.1, 0.15) is 16.4 Å². The molecule has 0 saturated carbocycles. The van der Waals surface area contributed by atoms with Crippen LogP contribution in [0.1, 0.15) is 0 Å². The summed E-state index contributed by atoms with van der Waals surface area (Å²) in [5.41, 5.74) is 1.81. The van der Waals surface area contributed by atoms with Gasteiger partial charge in [-0.3, -0.25) is 9.36 Å². The minimum absolute atomic E-state index is 0.0344. The molecule has 2 heterocycles. The zero-order chi connectivity index (χ0) is 24.7. The molecule has 0 bridgehead atoms. The number of aromatic amines is 1. The third-order valence-electron chi connectivity index (χ3n) is 5.79. The highest BCUT2D eigenvalue weighted by molar-refractivity contribution is 6.31. The number of nitrogens with one attached hydrogen (secondary N) is 1. The molecule has 9 heteroatoms. The van der Waals surface area contributed by atoms with Gasteiger partial charge in [0.25, 0.3) is 5.56 Å². The number of para-hydroxylation sites is 1. The lowest BCUT2D eigenvalue weighted by molar-refractivity contribution is 0.374. The zero-order valence-corrected chi connectivity index (χ0v) is 19.5. The second-order valence-corrected chi connectivity index (χ2v) is 8.12. The summed E-state index contributed by atoms with van der Waals surface area (Å²) in [4.78, 5) is 29.0. The summed E-state index contributed by atoms with van der Waals surface area (Å²) < 4.78 is 13.0. The first-order valence-corrected chi connectivity index (χ1v) is 11.0. The molecule has 0 aliphatic carbocycles. The van der Waals surface area contributed by atoms with E-state index in [2.05, 4.69) is 4.98 Å². The maximum absolute atomic E-state index is 13.5. The molecule has 2 aromatic heterocycles. The van der Waals surface area contributed by atoms with Crippen LogP contribution in [0.25, 0.3) is 33.5 Å². The van der Waals surface area contributed by atoms with Gasteiger partial charge in [-0.05, 0) is 54.1 Å². The highest BCUT2D eigenvalue weighted by atomic mass is 35.5. The quantitative estimate of drug-likeness (QED) is 0.378. The van der Waals surface area contributed by atoms with Crippen molar-refractivity contribution in [2.24, 2.45) is 0 Å². The largest absolute Gasteiger partial charge is 0.504 e. The van der Waals surface area contributed by atoms with Crippen molar-refractivity contribution in [3.05, 3.63) is 98.8 Å². The molecule has 0 spiro atoms. The average molecular weight is 490 g/mol. The molecule has 0 radical (unpaired) electrons. The average Bonchev–Trinajstić information content (AvgIpc) is 3.20. The Bertz CT molecular complexity index is 1670. The van der Waals surface area contributed by atoms with Gasteiger partial charge in [0, 0.05) is 11.3 Å². The third kappa shape index (κ3) is 3.74. The van der Waals surface area contributed by atoms with Crippen molar-refractivity contribution in [1.82, 2.24) is 14.1 Å². The lowest BCUT2D eigenvalue weighted by Gasteiger charge is -2.12. The Morgan fingerprint density at radius 1 is 0.857 bits per heavy atom. The Kier molecular flexibility index (Phi) is 5.58. The Morgan fingerprint density at radius 3 is 2.17 bits per heavy atom. The van der Waals surface area contributed by atoms with Gasteiger partial charge in [0.2, 0.25) is 0 Å². The van der Waals surface area contributed by atoms with E-state index in [-0.39, 0.29) is 16.4 Å². The van der Waals surface area contributed by atoms with E-state index in [1.165, 1.54) is 14.2 Å². The summed E-state index contributed by atoms with van der Waals surface area (Å²) in [6.45, 7) is 0. The molecule has 3 aromatic carbocycles. The fraction of sp³-hybridized carbons (Fsp3) is 0.0769. The SMILES string of the molecule is COc1ccc(-n2c(=O)[nH]c3cc(Cl)n(-c4ccc(-c5cccc(OC)c5O)cc4)c3c2=O)cc1. The zero-order valence-electron chi connectivity index (χ0n) is 18.8. The molecular formula is C26H20ClN3O5. The number of H-pyrrole nitrogens is 1. The van der Waals surface area contributed by atoms with Crippen LogP contribution in [0.4, 0.5) is 0 Å². The number of hydrogen-bond acceptors (Lipinski definition) is 5. The number of aromatic hydroxyl groups is 1. The fourth-order valence-corrected chi connectivity index (χ4v) is 4.37. The fourth-order valence-electron chi connectivity index (χ4n) is 4.08. The van der Waals surface area contributed by atoms with Crippen LogP contribution in [0.15, 0.2) is 82.4 Å². The summed E-state index contributed by atoms with van der Waals surface area (Å²) in [5, 5.41) is 10.7. The Morgan fingerprint density at radius 2 is 1.51 bits per heavy atom. The van der Waals surface area contributed by atoms with Crippen LogP contribution < -0.4 is 20.7 Å². The summed E-state index contributed by atoms with van der Waals surface area (Å²) >= 11 is 6.51. The second-order valence-electron chi connectivity index (χ2n) is 7.74. The van der Waals surface area contributed by atoms with Gasteiger partial charge < -0.3 is 19.6 Å². The van der Waals surface area contributed by atoms with Crippen LogP contribution in [-0.2, 0) is 0 Å². The molecule has 0 fully saturated rings. The molecule has 0 amide bonds. The summed E-state index contributed by atoms with van der Waals surface area (Å²) in [7, 11) is 3.03. The number of phenols is 1. The minimum Gasteiger partial charge on any atom is -0.504 e. The van der Waals surface area contributed by atoms with Gasteiger partial charge in [0.05, 0.1) is 25.4 Å². The molecule has 0 unspecified atom stereocenters. The molecule has 0 aliphatic heterocycles. The molecule has 176 valence electrons. The number of halogens is 1. The summed E-state index contributed by atoms with van der Waals surface area (Å²) in [6.07, 6.45) is 0. The van der Waals surface area contributed by atoms with Crippen LogP contribution in [0.2, 0.25) is 5.15 Å². The standard InChI is InChI=1S/C26H20ClN3O5/c1-34-18-12-10-17(11-13-18)30-25(32)23-20(28-26(30)33)14-22(27)29(23)16-8-6-15(7-9-16)19-4-3-5-21(35-2)24(19)31/h3-14,31H,1-2H3,(H,28,33). The number of rotatable bonds is 5. The lowest BCUT2D eigenvalue weighted by Crippen LogP contribution is -2.34. The molecule has 8 nitrogen and oxygen atoms in total. The van der Waals surface area contributed by atoms with Crippen LogP contribution in [0.5, 0.6) is 17.2 Å². The number of aromatic nitrogens is 3. The first-order chi connectivity index (χ1) is 16.9. The van der Waals surface area contributed by atoms with Gasteiger partial charge in [-0.1, -0.05) is 35.9 Å². The van der Waals surface area contributed by atoms with Crippen molar-refractivity contribution in [2.45, 2.75) is 0 Å². The van der Waals surface area contributed by atoms with E-state index in [4.69, 9.17) is 21.1 Å². The highest BCUT2D eigenvalue weighted by Crippen LogP contribution is 2.37.